The van der Waals surface area contributed by atoms with Gasteiger partial charge in [-0.1, -0.05) is 0 Å². The van der Waals surface area contributed by atoms with E-state index in [9.17, 15) is 17.2 Å². The van der Waals surface area contributed by atoms with Crippen LogP contribution in [-0.4, -0.2) is 40.8 Å². The summed E-state index contributed by atoms with van der Waals surface area (Å²) in [7, 11) is -4.08. The summed E-state index contributed by atoms with van der Waals surface area (Å²) in [6, 6.07) is 1.42. The van der Waals surface area contributed by atoms with Crippen molar-refractivity contribution in [3.05, 3.63) is 28.2 Å². The van der Waals surface area contributed by atoms with Crippen molar-refractivity contribution in [2.24, 2.45) is 0 Å². The number of hydrogen-bond donors (Lipinski definition) is 2. The fraction of sp³-hybridized carbons (Fsp3) is 0.455. The second-order valence-corrected chi connectivity index (χ2v) is 6.81. The summed E-state index contributed by atoms with van der Waals surface area (Å²) in [6.07, 6.45) is -0.319. The van der Waals surface area contributed by atoms with Crippen LogP contribution in [0, 0.1) is 11.6 Å². The van der Waals surface area contributed by atoms with Crippen LogP contribution >= 0.6 is 15.9 Å². The van der Waals surface area contributed by atoms with E-state index in [1.165, 1.54) is 0 Å². The second-order valence-electron chi connectivity index (χ2n) is 4.25. The van der Waals surface area contributed by atoms with Gasteiger partial charge in [-0.05, 0) is 22.0 Å². The second kappa shape index (κ2) is 6.44. The van der Waals surface area contributed by atoms with E-state index in [1.54, 1.807) is 0 Å². The Bertz CT molecular complexity index is 568. The minimum Gasteiger partial charge on any atom is -0.374 e. The third-order valence-corrected chi connectivity index (χ3v) is 5.12. The van der Waals surface area contributed by atoms with Gasteiger partial charge in [0.2, 0.25) is 10.0 Å². The number of benzene rings is 1. The number of hydrogen-bond acceptors (Lipinski definition) is 4. The molecule has 1 unspecified atom stereocenters. The third-order valence-electron chi connectivity index (χ3n) is 2.74. The first-order chi connectivity index (χ1) is 9.40. The van der Waals surface area contributed by atoms with Crippen LogP contribution in [0.2, 0.25) is 0 Å². The standard InChI is InChI=1S/C11H13BrF2N2O3S/c12-9-3-7(13)4-10(14)11(9)20(17,18)16-6-8-5-15-1-2-19-8/h3-4,8,15-16H,1-2,5-6H2. The molecule has 112 valence electrons. The van der Waals surface area contributed by atoms with Gasteiger partial charge < -0.3 is 10.1 Å². The van der Waals surface area contributed by atoms with Crippen LogP contribution in [0.15, 0.2) is 21.5 Å². The molecule has 0 aromatic heterocycles. The maximum Gasteiger partial charge on any atom is 0.244 e. The van der Waals surface area contributed by atoms with E-state index in [0.717, 1.165) is 6.07 Å². The first-order valence-electron chi connectivity index (χ1n) is 5.86. The Kier molecular flexibility index (Phi) is 5.08. The van der Waals surface area contributed by atoms with Crippen LogP contribution in [0.4, 0.5) is 8.78 Å². The Morgan fingerprint density at radius 3 is 2.80 bits per heavy atom. The Balaban J connectivity index is 2.14. The van der Waals surface area contributed by atoms with E-state index < -0.39 is 26.6 Å². The molecule has 0 spiro atoms. The monoisotopic (exact) mass is 370 g/mol. The molecule has 0 aliphatic carbocycles. The molecular formula is C11H13BrF2N2O3S. The maximum absolute atomic E-state index is 13.6. The minimum absolute atomic E-state index is 0.0125. The fourth-order valence-electron chi connectivity index (χ4n) is 1.81. The summed E-state index contributed by atoms with van der Waals surface area (Å²) in [5.41, 5.74) is 0. The molecule has 0 amide bonds. The number of nitrogens with one attached hydrogen (secondary N) is 2. The number of morpholine rings is 1. The van der Waals surface area contributed by atoms with Gasteiger partial charge in [0.1, 0.15) is 16.5 Å². The largest absolute Gasteiger partial charge is 0.374 e. The van der Waals surface area contributed by atoms with Gasteiger partial charge in [0.15, 0.2) is 0 Å². The molecule has 1 aliphatic rings. The Morgan fingerprint density at radius 2 is 2.20 bits per heavy atom. The van der Waals surface area contributed by atoms with Crippen molar-refractivity contribution in [3.63, 3.8) is 0 Å². The highest BCUT2D eigenvalue weighted by molar-refractivity contribution is 9.10. The predicted molar refractivity (Wildman–Crippen MR) is 71.9 cm³/mol. The van der Waals surface area contributed by atoms with Gasteiger partial charge in [-0.2, -0.15) is 0 Å². The number of sulfonamides is 1. The van der Waals surface area contributed by atoms with Crippen molar-refractivity contribution < 1.29 is 21.9 Å². The summed E-state index contributed by atoms with van der Waals surface area (Å²) < 4.78 is 58.1. The zero-order chi connectivity index (χ0) is 14.8. The molecular weight excluding hydrogens is 358 g/mol. The first-order valence-corrected chi connectivity index (χ1v) is 8.14. The molecule has 1 aromatic rings. The summed E-state index contributed by atoms with van der Waals surface area (Å²) in [4.78, 5) is -0.609. The van der Waals surface area contributed by atoms with Crippen molar-refractivity contribution in [2.45, 2.75) is 11.0 Å². The topological polar surface area (TPSA) is 67.4 Å². The highest BCUT2D eigenvalue weighted by Gasteiger charge is 2.25. The molecule has 1 aromatic carbocycles. The quantitative estimate of drug-likeness (QED) is 0.829. The van der Waals surface area contributed by atoms with E-state index in [4.69, 9.17) is 4.74 Å². The van der Waals surface area contributed by atoms with Crippen molar-refractivity contribution in [3.8, 4) is 0 Å². The Hall–Kier alpha value is -0.610. The van der Waals surface area contributed by atoms with Gasteiger partial charge in [-0.15, -0.1) is 0 Å². The van der Waals surface area contributed by atoms with Crippen molar-refractivity contribution >= 4 is 26.0 Å². The molecule has 1 heterocycles. The lowest BCUT2D eigenvalue weighted by Crippen LogP contribution is -2.45. The lowest BCUT2D eigenvalue weighted by atomic mass is 10.3. The lowest BCUT2D eigenvalue weighted by Gasteiger charge is -2.23. The van der Waals surface area contributed by atoms with Crippen LogP contribution in [0.5, 0.6) is 0 Å². The van der Waals surface area contributed by atoms with Gasteiger partial charge in [0, 0.05) is 30.2 Å². The molecule has 9 heteroatoms. The average Bonchev–Trinajstić information content (AvgIpc) is 2.36. The van der Waals surface area contributed by atoms with Gasteiger partial charge in [-0.3, -0.25) is 0 Å². The number of ether oxygens (including phenoxy) is 1. The molecule has 2 N–H and O–H groups in total. The number of halogens is 3. The SMILES string of the molecule is O=S(=O)(NCC1CNCCO1)c1c(F)cc(F)cc1Br. The van der Waals surface area contributed by atoms with Gasteiger partial charge in [0.05, 0.1) is 12.7 Å². The summed E-state index contributed by atoms with van der Waals surface area (Å²) in [6.45, 7) is 1.72. The molecule has 1 fully saturated rings. The molecule has 1 aliphatic heterocycles. The number of rotatable bonds is 4. The van der Waals surface area contributed by atoms with Gasteiger partial charge in [0.25, 0.3) is 0 Å². The molecule has 0 saturated carbocycles. The highest BCUT2D eigenvalue weighted by Crippen LogP contribution is 2.26. The molecule has 0 radical (unpaired) electrons. The maximum atomic E-state index is 13.6. The van der Waals surface area contributed by atoms with E-state index in [-0.39, 0.29) is 17.1 Å². The lowest BCUT2D eigenvalue weighted by molar-refractivity contribution is 0.0324. The summed E-state index contributed by atoms with van der Waals surface area (Å²) >= 11 is 2.86. The molecule has 20 heavy (non-hydrogen) atoms. The van der Waals surface area contributed by atoms with Crippen molar-refractivity contribution in [2.75, 3.05) is 26.2 Å². The van der Waals surface area contributed by atoms with E-state index in [1.807, 2.05) is 0 Å². The average molecular weight is 371 g/mol. The van der Waals surface area contributed by atoms with Crippen LogP contribution < -0.4 is 10.0 Å². The summed E-state index contributed by atoms with van der Waals surface area (Å²) in [5.74, 6) is -2.00. The molecule has 1 saturated heterocycles. The van der Waals surface area contributed by atoms with Gasteiger partial charge in [-0.25, -0.2) is 21.9 Å². The molecule has 0 bridgehead atoms. The predicted octanol–water partition coefficient (Wildman–Crippen LogP) is 0.994. The van der Waals surface area contributed by atoms with E-state index >= 15 is 0 Å². The van der Waals surface area contributed by atoms with Crippen LogP contribution in [-0.2, 0) is 14.8 Å². The molecule has 1 atom stereocenters. The summed E-state index contributed by atoms with van der Waals surface area (Å²) in [5, 5.41) is 3.05. The molecule has 2 rings (SSSR count). The minimum atomic E-state index is -4.08. The van der Waals surface area contributed by atoms with Crippen LogP contribution in [0.3, 0.4) is 0 Å². The zero-order valence-electron chi connectivity index (χ0n) is 10.3. The smallest absolute Gasteiger partial charge is 0.244 e. The van der Waals surface area contributed by atoms with Crippen LogP contribution in [0.1, 0.15) is 0 Å². The Labute approximate surface area is 123 Å². The van der Waals surface area contributed by atoms with E-state index in [0.29, 0.717) is 25.8 Å². The zero-order valence-corrected chi connectivity index (χ0v) is 12.7. The van der Waals surface area contributed by atoms with Crippen molar-refractivity contribution in [1.82, 2.24) is 10.0 Å². The van der Waals surface area contributed by atoms with Gasteiger partial charge >= 0.3 is 0 Å². The molecule has 5 nitrogen and oxygen atoms in total. The fourth-order valence-corrected chi connectivity index (χ4v) is 4.04. The third kappa shape index (κ3) is 3.73. The highest BCUT2D eigenvalue weighted by atomic mass is 79.9. The van der Waals surface area contributed by atoms with E-state index in [2.05, 4.69) is 26.0 Å². The van der Waals surface area contributed by atoms with Crippen molar-refractivity contribution in [1.29, 1.82) is 0 Å². The normalized spacial score (nSPS) is 20.1. The van der Waals surface area contributed by atoms with Crippen LogP contribution in [0.25, 0.3) is 0 Å². The Morgan fingerprint density at radius 1 is 1.45 bits per heavy atom. The first kappa shape index (κ1) is 15.8.